The van der Waals surface area contributed by atoms with E-state index < -0.39 is 0 Å². The maximum absolute atomic E-state index is 5.95. The van der Waals surface area contributed by atoms with E-state index in [0.29, 0.717) is 28.1 Å². The van der Waals surface area contributed by atoms with Gasteiger partial charge in [-0.05, 0) is 30.5 Å². The number of unbranched alkanes of at least 4 members (excludes halogenated alkanes) is 1. The molecule has 19 heavy (non-hydrogen) atoms. The summed E-state index contributed by atoms with van der Waals surface area (Å²) in [4.78, 5) is 0.319. The Morgan fingerprint density at radius 1 is 1.42 bits per heavy atom. The van der Waals surface area contributed by atoms with Gasteiger partial charge in [0.25, 0.3) is 0 Å². The predicted octanol–water partition coefficient (Wildman–Crippen LogP) is 4.57. The van der Waals surface area contributed by atoms with Crippen molar-refractivity contribution in [2.24, 2.45) is 11.7 Å². The Balaban J connectivity index is 2.68. The molecule has 0 radical (unpaired) electrons. The molecule has 0 aliphatic carbocycles. The molecule has 0 saturated carbocycles. The topological polar surface area (TPSA) is 35.2 Å². The van der Waals surface area contributed by atoms with E-state index in [4.69, 9.17) is 34.3 Å². The SMILES string of the molecule is CCCCC(CC)COc1ccc(Cl)cc1C(N)=S. The van der Waals surface area contributed by atoms with Crippen molar-refractivity contribution < 1.29 is 4.74 Å². The monoisotopic (exact) mass is 299 g/mol. The van der Waals surface area contributed by atoms with Crippen LogP contribution in [0.15, 0.2) is 18.2 Å². The third kappa shape index (κ3) is 5.37. The van der Waals surface area contributed by atoms with Crippen LogP contribution in [0, 0.1) is 5.92 Å². The normalized spacial score (nSPS) is 12.2. The molecule has 0 amide bonds. The van der Waals surface area contributed by atoms with Crippen LogP contribution in [0.2, 0.25) is 5.02 Å². The van der Waals surface area contributed by atoms with Gasteiger partial charge in [-0.2, -0.15) is 0 Å². The van der Waals surface area contributed by atoms with Crippen molar-refractivity contribution in [1.29, 1.82) is 0 Å². The quantitative estimate of drug-likeness (QED) is 0.714. The molecule has 4 heteroatoms. The van der Waals surface area contributed by atoms with Gasteiger partial charge < -0.3 is 10.5 Å². The third-order valence-electron chi connectivity index (χ3n) is 3.22. The molecule has 0 heterocycles. The van der Waals surface area contributed by atoms with Gasteiger partial charge in [0.15, 0.2) is 0 Å². The first kappa shape index (κ1) is 16.3. The molecule has 0 fully saturated rings. The summed E-state index contributed by atoms with van der Waals surface area (Å²) in [6, 6.07) is 5.39. The predicted molar refractivity (Wildman–Crippen MR) is 86.1 cm³/mol. The molecule has 0 bridgehead atoms. The first-order valence-electron chi connectivity index (χ1n) is 6.80. The Labute approximate surface area is 126 Å². The Kier molecular flexibility index (Phi) is 7.17. The molecule has 1 aromatic carbocycles. The molecular formula is C15H22ClNOS. The van der Waals surface area contributed by atoms with Crippen LogP contribution in [-0.4, -0.2) is 11.6 Å². The van der Waals surface area contributed by atoms with Crippen molar-refractivity contribution >= 4 is 28.8 Å². The number of rotatable bonds is 8. The van der Waals surface area contributed by atoms with Gasteiger partial charge in [0.1, 0.15) is 10.7 Å². The van der Waals surface area contributed by atoms with Gasteiger partial charge in [-0.1, -0.05) is 56.9 Å². The van der Waals surface area contributed by atoms with Crippen molar-refractivity contribution in [3.63, 3.8) is 0 Å². The van der Waals surface area contributed by atoms with E-state index in [1.165, 1.54) is 19.3 Å². The van der Waals surface area contributed by atoms with Crippen molar-refractivity contribution in [1.82, 2.24) is 0 Å². The summed E-state index contributed by atoms with van der Waals surface area (Å²) in [5, 5.41) is 0.619. The fraction of sp³-hybridized carbons (Fsp3) is 0.533. The highest BCUT2D eigenvalue weighted by Gasteiger charge is 2.11. The van der Waals surface area contributed by atoms with Crippen LogP contribution in [-0.2, 0) is 0 Å². The van der Waals surface area contributed by atoms with E-state index in [0.717, 1.165) is 12.2 Å². The van der Waals surface area contributed by atoms with Crippen molar-refractivity contribution in [3.8, 4) is 5.75 Å². The molecule has 1 rings (SSSR count). The fourth-order valence-corrected chi connectivity index (χ4v) is 2.26. The largest absolute Gasteiger partial charge is 0.493 e. The zero-order chi connectivity index (χ0) is 14.3. The lowest BCUT2D eigenvalue weighted by atomic mass is 10.0. The number of halogens is 1. The van der Waals surface area contributed by atoms with Gasteiger partial charge >= 0.3 is 0 Å². The van der Waals surface area contributed by atoms with Crippen LogP contribution >= 0.6 is 23.8 Å². The summed E-state index contributed by atoms with van der Waals surface area (Å²) >= 11 is 11.0. The average Bonchev–Trinajstić information content (AvgIpc) is 2.40. The maximum atomic E-state index is 5.95. The summed E-state index contributed by atoms with van der Waals surface area (Å²) < 4.78 is 5.88. The smallest absolute Gasteiger partial charge is 0.129 e. The van der Waals surface area contributed by atoms with Gasteiger partial charge in [-0.15, -0.1) is 0 Å². The average molecular weight is 300 g/mol. The van der Waals surface area contributed by atoms with E-state index in [-0.39, 0.29) is 0 Å². The number of benzene rings is 1. The number of thiocarbonyl (C=S) groups is 1. The Morgan fingerprint density at radius 3 is 2.74 bits per heavy atom. The second-order valence-corrected chi connectivity index (χ2v) is 5.61. The molecule has 2 N–H and O–H groups in total. The van der Waals surface area contributed by atoms with Crippen LogP contribution in [0.4, 0.5) is 0 Å². The molecule has 0 spiro atoms. The fourth-order valence-electron chi connectivity index (χ4n) is 1.93. The Bertz CT molecular complexity index is 423. The molecule has 0 saturated heterocycles. The van der Waals surface area contributed by atoms with Crippen LogP contribution in [0.1, 0.15) is 45.1 Å². The van der Waals surface area contributed by atoms with Gasteiger partial charge in [-0.25, -0.2) is 0 Å². The number of ether oxygens (including phenoxy) is 1. The highest BCUT2D eigenvalue weighted by molar-refractivity contribution is 7.80. The van der Waals surface area contributed by atoms with Gasteiger partial charge in [-0.3, -0.25) is 0 Å². The summed E-state index contributed by atoms with van der Waals surface area (Å²) in [5.74, 6) is 1.31. The van der Waals surface area contributed by atoms with Crippen LogP contribution in [0.5, 0.6) is 5.75 Å². The van der Waals surface area contributed by atoms with E-state index in [9.17, 15) is 0 Å². The van der Waals surface area contributed by atoms with E-state index >= 15 is 0 Å². The van der Waals surface area contributed by atoms with E-state index in [1.54, 1.807) is 12.1 Å². The highest BCUT2D eigenvalue weighted by atomic mass is 35.5. The summed E-state index contributed by atoms with van der Waals surface area (Å²) in [5.41, 5.74) is 6.41. The summed E-state index contributed by atoms with van der Waals surface area (Å²) in [7, 11) is 0. The second kappa shape index (κ2) is 8.39. The number of hydrogen-bond acceptors (Lipinski definition) is 2. The van der Waals surface area contributed by atoms with Gasteiger partial charge in [0.2, 0.25) is 0 Å². The van der Waals surface area contributed by atoms with Gasteiger partial charge in [0.05, 0.1) is 12.2 Å². The van der Waals surface area contributed by atoms with E-state index in [2.05, 4.69) is 13.8 Å². The number of nitrogens with two attached hydrogens (primary N) is 1. The summed E-state index contributed by atoms with van der Waals surface area (Å²) in [6.45, 7) is 5.10. The molecule has 1 aromatic rings. The molecule has 0 aliphatic heterocycles. The molecule has 1 unspecified atom stereocenters. The molecular weight excluding hydrogens is 278 g/mol. The minimum Gasteiger partial charge on any atom is -0.493 e. The molecule has 0 aliphatic rings. The Hall–Kier alpha value is -0.800. The highest BCUT2D eigenvalue weighted by Crippen LogP contribution is 2.24. The van der Waals surface area contributed by atoms with Crippen molar-refractivity contribution in [2.45, 2.75) is 39.5 Å². The zero-order valence-corrected chi connectivity index (χ0v) is 13.2. The minimum atomic E-state index is 0.319. The van der Waals surface area contributed by atoms with Crippen molar-refractivity contribution in [2.75, 3.05) is 6.61 Å². The molecule has 0 aromatic heterocycles. The number of hydrogen-bond donors (Lipinski definition) is 1. The summed E-state index contributed by atoms with van der Waals surface area (Å²) in [6.07, 6.45) is 4.78. The van der Waals surface area contributed by atoms with Crippen LogP contribution in [0.3, 0.4) is 0 Å². The molecule has 1 atom stereocenters. The minimum absolute atomic E-state index is 0.319. The Morgan fingerprint density at radius 2 is 2.16 bits per heavy atom. The van der Waals surface area contributed by atoms with Crippen LogP contribution in [0.25, 0.3) is 0 Å². The standard InChI is InChI=1S/C15H22ClNOS/c1-3-5-6-11(4-2)10-18-14-8-7-12(16)9-13(14)15(17)19/h7-9,11H,3-6,10H2,1-2H3,(H2,17,19). The first-order chi connectivity index (χ1) is 9.08. The van der Waals surface area contributed by atoms with Crippen molar-refractivity contribution in [3.05, 3.63) is 28.8 Å². The molecule has 106 valence electrons. The second-order valence-electron chi connectivity index (χ2n) is 4.73. The molecule has 2 nitrogen and oxygen atoms in total. The lowest BCUT2D eigenvalue weighted by molar-refractivity contribution is 0.233. The maximum Gasteiger partial charge on any atom is 0.129 e. The zero-order valence-electron chi connectivity index (χ0n) is 11.6. The van der Waals surface area contributed by atoms with Gasteiger partial charge in [0, 0.05) is 5.02 Å². The first-order valence-corrected chi connectivity index (χ1v) is 7.59. The lowest BCUT2D eigenvalue weighted by Gasteiger charge is -2.17. The lowest BCUT2D eigenvalue weighted by Crippen LogP contribution is -2.15. The van der Waals surface area contributed by atoms with Crippen LogP contribution < -0.4 is 10.5 Å². The third-order valence-corrected chi connectivity index (χ3v) is 3.68. The van der Waals surface area contributed by atoms with E-state index in [1.807, 2.05) is 6.07 Å².